The van der Waals surface area contributed by atoms with E-state index >= 15 is 0 Å². The summed E-state index contributed by atoms with van der Waals surface area (Å²) < 4.78 is 38.4. The maximum absolute atomic E-state index is 13.8. The number of esters is 1. The van der Waals surface area contributed by atoms with Crippen molar-refractivity contribution in [1.29, 1.82) is 0 Å². The topological polar surface area (TPSA) is 110 Å². The van der Waals surface area contributed by atoms with Gasteiger partial charge in [-0.05, 0) is 60.2 Å². The molecular formula is C26H23ClN2O7S. The molecule has 1 atom stereocenters. The van der Waals surface area contributed by atoms with Crippen LogP contribution < -0.4 is 9.64 Å². The Hall–Kier alpha value is -3.73. The van der Waals surface area contributed by atoms with Gasteiger partial charge in [0.1, 0.15) is 11.8 Å². The van der Waals surface area contributed by atoms with Gasteiger partial charge in [0.2, 0.25) is 15.9 Å². The lowest BCUT2D eigenvalue weighted by atomic mass is 10.2. The predicted octanol–water partition coefficient (Wildman–Crippen LogP) is 3.66. The third kappa shape index (κ3) is 5.22. The van der Waals surface area contributed by atoms with Crippen LogP contribution in [0.25, 0.3) is 0 Å². The third-order valence-corrected chi connectivity index (χ3v) is 8.20. The van der Waals surface area contributed by atoms with Gasteiger partial charge in [0.25, 0.3) is 5.91 Å². The highest BCUT2D eigenvalue weighted by atomic mass is 35.5. The summed E-state index contributed by atoms with van der Waals surface area (Å²) in [7, 11) is -1.55. The Bertz CT molecular complexity index is 1440. The SMILES string of the molecule is COC(=O)c1ccc(N2C(=O)CC(N(Cc3ccccc3Cl)S(=O)(=O)c3ccc(OC)cc3)C2=O)cc1. The van der Waals surface area contributed by atoms with Crippen LogP contribution in [0.1, 0.15) is 22.3 Å². The molecule has 9 nitrogen and oxygen atoms in total. The van der Waals surface area contributed by atoms with E-state index in [1.807, 2.05) is 0 Å². The molecule has 3 aromatic carbocycles. The highest BCUT2D eigenvalue weighted by molar-refractivity contribution is 7.89. The first-order valence-electron chi connectivity index (χ1n) is 11.1. The van der Waals surface area contributed by atoms with E-state index in [-0.39, 0.29) is 29.1 Å². The molecule has 1 aliphatic heterocycles. The number of rotatable bonds is 8. The zero-order valence-corrected chi connectivity index (χ0v) is 21.5. The quantitative estimate of drug-likeness (QED) is 0.315. The number of nitrogens with zero attached hydrogens (tertiary/aromatic N) is 2. The summed E-state index contributed by atoms with van der Waals surface area (Å²) >= 11 is 6.31. The van der Waals surface area contributed by atoms with Gasteiger partial charge in [-0.1, -0.05) is 29.8 Å². The molecule has 37 heavy (non-hydrogen) atoms. The fourth-order valence-corrected chi connectivity index (χ4v) is 5.77. The van der Waals surface area contributed by atoms with Crippen molar-refractivity contribution in [3.8, 4) is 5.75 Å². The number of hydrogen-bond donors (Lipinski definition) is 0. The molecule has 1 fully saturated rings. The number of imide groups is 1. The molecule has 1 aliphatic rings. The molecule has 11 heteroatoms. The van der Waals surface area contributed by atoms with Crippen LogP contribution in [0.5, 0.6) is 5.75 Å². The van der Waals surface area contributed by atoms with E-state index in [2.05, 4.69) is 4.74 Å². The standard InChI is InChI=1S/C26H23ClN2O7S/c1-35-20-11-13-21(14-12-20)37(33,34)28(16-18-5-3-4-6-22(18)27)23-15-24(30)29(25(23)31)19-9-7-17(8-10-19)26(32)36-2/h3-14,23H,15-16H2,1-2H3. The molecule has 0 spiro atoms. The maximum atomic E-state index is 13.8. The molecule has 0 radical (unpaired) electrons. The van der Waals surface area contributed by atoms with Gasteiger partial charge in [0.05, 0.1) is 36.8 Å². The van der Waals surface area contributed by atoms with Gasteiger partial charge in [-0.2, -0.15) is 4.31 Å². The third-order valence-electron chi connectivity index (χ3n) is 5.97. The summed E-state index contributed by atoms with van der Waals surface area (Å²) in [5.41, 5.74) is 0.927. The predicted molar refractivity (Wildman–Crippen MR) is 136 cm³/mol. The normalized spacial score (nSPS) is 15.8. The number of anilines is 1. The summed E-state index contributed by atoms with van der Waals surface area (Å²) in [6, 6.07) is 16.8. The Kier molecular flexibility index (Phi) is 7.63. The molecule has 0 N–H and O–H groups in total. The van der Waals surface area contributed by atoms with Crippen LogP contribution in [0.15, 0.2) is 77.7 Å². The van der Waals surface area contributed by atoms with Crippen molar-refractivity contribution < 1.29 is 32.3 Å². The van der Waals surface area contributed by atoms with E-state index < -0.39 is 33.8 Å². The molecular weight excluding hydrogens is 520 g/mol. The van der Waals surface area contributed by atoms with Crippen molar-refractivity contribution in [3.05, 3.63) is 88.9 Å². The first-order chi connectivity index (χ1) is 17.7. The van der Waals surface area contributed by atoms with E-state index in [4.69, 9.17) is 16.3 Å². The number of amides is 2. The zero-order chi connectivity index (χ0) is 26.7. The van der Waals surface area contributed by atoms with Gasteiger partial charge in [0, 0.05) is 11.6 Å². The monoisotopic (exact) mass is 542 g/mol. The van der Waals surface area contributed by atoms with Crippen LogP contribution in [0.3, 0.4) is 0 Å². The smallest absolute Gasteiger partial charge is 0.337 e. The number of carbonyl (C=O) groups excluding carboxylic acids is 3. The van der Waals surface area contributed by atoms with Crippen LogP contribution >= 0.6 is 11.6 Å². The van der Waals surface area contributed by atoms with Crippen molar-refractivity contribution in [1.82, 2.24) is 4.31 Å². The number of sulfonamides is 1. The first-order valence-corrected chi connectivity index (χ1v) is 12.9. The van der Waals surface area contributed by atoms with Gasteiger partial charge in [-0.3, -0.25) is 9.59 Å². The molecule has 0 aromatic heterocycles. The molecule has 1 saturated heterocycles. The average Bonchev–Trinajstić information content (AvgIpc) is 3.20. The van der Waals surface area contributed by atoms with Gasteiger partial charge < -0.3 is 9.47 Å². The molecule has 2 amide bonds. The summed E-state index contributed by atoms with van der Waals surface area (Å²) in [5, 5.41) is 0.324. The van der Waals surface area contributed by atoms with Crippen LogP contribution in [-0.4, -0.2) is 50.8 Å². The highest BCUT2D eigenvalue weighted by Crippen LogP contribution is 2.32. The van der Waals surface area contributed by atoms with Crippen LogP contribution in [0, 0.1) is 0 Å². The van der Waals surface area contributed by atoms with Gasteiger partial charge in [0.15, 0.2) is 0 Å². The largest absolute Gasteiger partial charge is 0.497 e. The fraction of sp³-hybridized carbons (Fsp3) is 0.192. The van der Waals surface area contributed by atoms with E-state index in [0.29, 0.717) is 16.3 Å². The van der Waals surface area contributed by atoms with Crippen LogP contribution in [-0.2, 0) is 30.9 Å². The Balaban J connectivity index is 1.73. The van der Waals surface area contributed by atoms with E-state index in [1.54, 1.807) is 24.3 Å². The van der Waals surface area contributed by atoms with Crippen molar-refractivity contribution in [2.45, 2.75) is 23.9 Å². The van der Waals surface area contributed by atoms with Crippen LogP contribution in [0.2, 0.25) is 5.02 Å². The Morgan fingerprint density at radius 1 is 1.00 bits per heavy atom. The molecule has 1 unspecified atom stereocenters. The molecule has 0 saturated carbocycles. The number of benzene rings is 3. The van der Waals surface area contributed by atoms with E-state index in [1.165, 1.54) is 62.8 Å². The van der Waals surface area contributed by atoms with Crippen molar-refractivity contribution in [3.63, 3.8) is 0 Å². The number of carbonyl (C=O) groups is 3. The second-order valence-corrected chi connectivity index (χ2v) is 10.4. The number of hydrogen-bond acceptors (Lipinski definition) is 7. The first kappa shape index (κ1) is 26.3. The maximum Gasteiger partial charge on any atom is 0.337 e. The van der Waals surface area contributed by atoms with Crippen molar-refractivity contribution in [2.24, 2.45) is 0 Å². The van der Waals surface area contributed by atoms with Gasteiger partial charge in [-0.25, -0.2) is 18.1 Å². The molecule has 192 valence electrons. The molecule has 3 aromatic rings. The molecule has 0 aliphatic carbocycles. The molecule has 0 bridgehead atoms. The number of methoxy groups -OCH3 is 2. The second kappa shape index (κ2) is 10.7. The molecule has 4 rings (SSSR count). The van der Waals surface area contributed by atoms with E-state index in [0.717, 1.165) is 9.21 Å². The van der Waals surface area contributed by atoms with Crippen molar-refractivity contribution in [2.75, 3.05) is 19.1 Å². The average molecular weight is 543 g/mol. The lowest BCUT2D eigenvalue weighted by Crippen LogP contribution is -2.45. The number of halogens is 1. The van der Waals surface area contributed by atoms with Gasteiger partial charge in [-0.15, -0.1) is 0 Å². The lowest BCUT2D eigenvalue weighted by molar-refractivity contribution is -0.122. The summed E-state index contributed by atoms with van der Waals surface area (Å²) in [6.07, 6.45) is -0.364. The summed E-state index contributed by atoms with van der Waals surface area (Å²) in [4.78, 5) is 39.1. The van der Waals surface area contributed by atoms with Crippen LogP contribution in [0.4, 0.5) is 5.69 Å². The van der Waals surface area contributed by atoms with Crippen molar-refractivity contribution >= 4 is 45.1 Å². The molecule has 1 heterocycles. The summed E-state index contributed by atoms with van der Waals surface area (Å²) in [6.45, 7) is -0.229. The minimum atomic E-state index is -4.25. The minimum absolute atomic E-state index is 0.0681. The second-order valence-electron chi connectivity index (χ2n) is 8.14. The zero-order valence-electron chi connectivity index (χ0n) is 20.0. The fourth-order valence-electron chi connectivity index (χ4n) is 4.02. The lowest BCUT2D eigenvalue weighted by Gasteiger charge is -2.27. The minimum Gasteiger partial charge on any atom is -0.497 e. The Morgan fingerprint density at radius 2 is 1.65 bits per heavy atom. The Labute approximate surface area is 219 Å². The number of ether oxygens (including phenoxy) is 2. The summed E-state index contributed by atoms with van der Waals surface area (Å²) in [5.74, 6) is -1.39. The van der Waals surface area contributed by atoms with E-state index in [9.17, 15) is 22.8 Å². The Morgan fingerprint density at radius 3 is 2.24 bits per heavy atom. The van der Waals surface area contributed by atoms with Gasteiger partial charge >= 0.3 is 5.97 Å². The highest BCUT2D eigenvalue weighted by Gasteiger charge is 2.47.